The van der Waals surface area contributed by atoms with Gasteiger partial charge in [0.25, 0.3) is 0 Å². The highest BCUT2D eigenvalue weighted by molar-refractivity contribution is 8.23. The smallest absolute Gasteiger partial charge is 0.344 e. The van der Waals surface area contributed by atoms with Gasteiger partial charge in [0, 0.05) is 23.5 Å². The number of ketones is 1. The first-order valence-electron chi connectivity index (χ1n) is 13.0. The first-order valence-corrected chi connectivity index (χ1v) is 15.9. The van der Waals surface area contributed by atoms with Crippen molar-refractivity contribution in [2.24, 2.45) is 10.8 Å². The number of carbonyl (C=O) groups excluding carboxylic acids is 2. The van der Waals surface area contributed by atoms with Crippen LogP contribution in [0.5, 0.6) is 0 Å². The zero-order chi connectivity index (χ0) is 27.9. The van der Waals surface area contributed by atoms with E-state index in [0.717, 1.165) is 0 Å². The van der Waals surface area contributed by atoms with Gasteiger partial charge in [0.15, 0.2) is 11.4 Å². The predicted octanol–water partition coefficient (Wildman–Crippen LogP) is 5.53. The van der Waals surface area contributed by atoms with Gasteiger partial charge in [0.05, 0.1) is 45.1 Å². The largest absolute Gasteiger partial charge is 0.479 e. The molecule has 0 aromatic carbocycles. The molecule has 12 heteroatoms. The predicted molar refractivity (Wildman–Crippen MR) is 147 cm³/mol. The molecule has 0 radical (unpaired) electrons. The maximum Gasteiger partial charge on any atom is 0.344 e. The molecule has 0 aromatic rings. The molecule has 214 valence electrons. The fourth-order valence-electron chi connectivity index (χ4n) is 4.82. The minimum Gasteiger partial charge on any atom is -0.479 e. The number of thioether (sulfide) groups is 1. The lowest BCUT2D eigenvalue weighted by atomic mass is 9.76. The van der Waals surface area contributed by atoms with Crippen molar-refractivity contribution in [1.82, 2.24) is 0 Å². The van der Waals surface area contributed by atoms with Gasteiger partial charge in [-0.3, -0.25) is 14.2 Å². The number of esters is 1. The maximum absolute atomic E-state index is 13.8. The molecule has 9 nitrogen and oxygen atoms in total. The summed E-state index contributed by atoms with van der Waals surface area (Å²) in [5.74, 6) is -1.73. The van der Waals surface area contributed by atoms with Crippen LogP contribution in [-0.2, 0) is 42.1 Å². The summed E-state index contributed by atoms with van der Waals surface area (Å²) in [6.07, 6.45) is 1.07. The summed E-state index contributed by atoms with van der Waals surface area (Å²) in [5, 5.41) is -0.464. The summed E-state index contributed by atoms with van der Waals surface area (Å²) >= 11 is 6.65. The number of hydrogen-bond donors (Lipinski definition) is 0. The van der Waals surface area contributed by atoms with Crippen LogP contribution in [0.4, 0.5) is 0 Å². The third kappa shape index (κ3) is 7.77. The number of ether oxygens (including phenoxy) is 4. The van der Waals surface area contributed by atoms with Crippen molar-refractivity contribution >= 4 is 47.7 Å². The summed E-state index contributed by atoms with van der Waals surface area (Å²) in [6, 6.07) is 0. The van der Waals surface area contributed by atoms with E-state index in [1.807, 2.05) is 13.8 Å². The average molecular weight is 583 g/mol. The molecule has 2 aliphatic rings. The highest BCUT2D eigenvalue weighted by Gasteiger charge is 2.62. The molecular formula is C25H43O9PS2. The third-order valence-corrected chi connectivity index (χ3v) is 10.6. The van der Waals surface area contributed by atoms with Crippen LogP contribution in [0.15, 0.2) is 0 Å². The van der Waals surface area contributed by atoms with Crippen molar-refractivity contribution in [2.75, 3.05) is 39.6 Å². The minimum atomic E-state index is -3.89. The second kappa shape index (κ2) is 13.7. The van der Waals surface area contributed by atoms with Crippen molar-refractivity contribution in [1.29, 1.82) is 0 Å². The van der Waals surface area contributed by atoms with Crippen molar-refractivity contribution in [3.63, 3.8) is 0 Å². The van der Waals surface area contributed by atoms with Crippen LogP contribution < -0.4 is 0 Å². The van der Waals surface area contributed by atoms with Gasteiger partial charge in [-0.15, -0.1) is 0 Å². The fraction of sp³-hybridized carbons (Fsp3) is 0.880. The minimum absolute atomic E-state index is 0.0191. The Hall–Kier alpha value is -0.550. The van der Waals surface area contributed by atoms with Crippen LogP contribution in [0.3, 0.4) is 0 Å². The van der Waals surface area contributed by atoms with E-state index in [4.69, 9.17) is 40.2 Å². The summed E-state index contributed by atoms with van der Waals surface area (Å²) in [7, 11) is -3.89. The zero-order valence-electron chi connectivity index (χ0n) is 23.2. The van der Waals surface area contributed by atoms with E-state index in [1.165, 1.54) is 11.8 Å². The van der Waals surface area contributed by atoms with Gasteiger partial charge in [0.1, 0.15) is 5.78 Å². The quantitative estimate of drug-likeness (QED) is 0.156. The van der Waals surface area contributed by atoms with Gasteiger partial charge in [-0.05, 0) is 59.7 Å². The molecular weight excluding hydrogens is 539 g/mol. The molecule has 1 saturated carbocycles. The van der Waals surface area contributed by atoms with Crippen LogP contribution >= 0.6 is 31.6 Å². The van der Waals surface area contributed by atoms with E-state index in [2.05, 4.69) is 13.8 Å². The monoisotopic (exact) mass is 582 g/mol. The summed E-state index contributed by atoms with van der Waals surface area (Å²) in [4.78, 5) is 26.5. The molecule has 1 aliphatic carbocycles. The van der Waals surface area contributed by atoms with Gasteiger partial charge in [-0.25, -0.2) is 0 Å². The van der Waals surface area contributed by atoms with E-state index in [0.29, 0.717) is 32.7 Å². The molecule has 37 heavy (non-hydrogen) atoms. The molecule has 3 unspecified atom stereocenters. The maximum atomic E-state index is 13.8. The first kappa shape index (κ1) is 32.7. The highest BCUT2D eigenvalue weighted by atomic mass is 32.2. The van der Waals surface area contributed by atoms with Crippen LogP contribution in [0.2, 0.25) is 0 Å². The number of hydrogen-bond acceptors (Lipinski definition) is 11. The Morgan fingerprint density at radius 3 is 2.11 bits per heavy atom. The molecule has 2 rings (SSSR count). The number of Topliss-reactive ketones (excluding diaryl/α,β-unsaturated/α-hetero) is 1. The number of carbonyl (C=O) groups is 2. The summed E-state index contributed by atoms with van der Waals surface area (Å²) in [6.45, 7) is 14.4. The summed E-state index contributed by atoms with van der Waals surface area (Å²) in [5.41, 5.74) is -2.37. The Morgan fingerprint density at radius 2 is 1.59 bits per heavy atom. The van der Waals surface area contributed by atoms with Crippen LogP contribution in [0.25, 0.3) is 0 Å². The second-order valence-corrected chi connectivity index (χ2v) is 14.4. The topological polar surface area (TPSA) is 107 Å². The van der Waals surface area contributed by atoms with E-state index in [-0.39, 0.29) is 48.2 Å². The Labute approximate surface area is 230 Å². The van der Waals surface area contributed by atoms with Gasteiger partial charge in [0.2, 0.25) is 4.38 Å². The summed E-state index contributed by atoms with van der Waals surface area (Å²) < 4.78 is 48.6. The van der Waals surface area contributed by atoms with Crippen LogP contribution in [0, 0.1) is 10.8 Å². The molecule has 0 N–H and O–H groups in total. The third-order valence-electron chi connectivity index (χ3n) is 6.74. The van der Waals surface area contributed by atoms with E-state index >= 15 is 0 Å². The van der Waals surface area contributed by atoms with Crippen molar-refractivity contribution < 1.29 is 42.1 Å². The molecule has 2 fully saturated rings. The second-order valence-electron chi connectivity index (χ2n) is 10.3. The fourth-order valence-corrected chi connectivity index (χ4v) is 8.65. The standard InChI is InChI=1S/C25H43O9PS2/c1-8-29-21(27)19(35(28,33-10-3)34-11-4)14-18(37-22(36)30-9-2)15-24(7)20(26)12-13-25(24)31-16-23(5,6)17-32-25/h18-19H,8-17H2,1-7H3. The Morgan fingerprint density at radius 1 is 1.03 bits per heavy atom. The molecule has 0 aromatic heterocycles. The lowest BCUT2D eigenvalue weighted by molar-refractivity contribution is -0.331. The molecule has 1 saturated heterocycles. The Balaban J connectivity index is 2.45. The molecule has 1 aliphatic heterocycles. The van der Waals surface area contributed by atoms with E-state index in [1.54, 1.807) is 20.8 Å². The van der Waals surface area contributed by atoms with Crippen LogP contribution in [-0.4, -0.2) is 72.5 Å². The molecule has 1 spiro atoms. The van der Waals surface area contributed by atoms with Gasteiger partial charge in [-0.1, -0.05) is 25.6 Å². The Kier molecular flexibility index (Phi) is 12.1. The van der Waals surface area contributed by atoms with E-state index in [9.17, 15) is 14.2 Å². The SMILES string of the molecule is CCOC(=O)C(CC(CC1(C)C(=O)CCC12OCC(C)(C)CO2)SC(=S)OCC)P(=O)(OCC)OCC. The lowest BCUT2D eigenvalue weighted by Crippen LogP contribution is -2.56. The number of thiocarbonyl (C=S) groups is 1. The van der Waals surface area contributed by atoms with Crippen molar-refractivity contribution in [3.8, 4) is 0 Å². The van der Waals surface area contributed by atoms with Gasteiger partial charge in [-0.2, -0.15) is 0 Å². The average Bonchev–Trinajstić information content (AvgIpc) is 3.04. The highest BCUT2D eigenvalue weighted by Crippen LogP contribution is 2.58. The lowest BCUT2D eigenvalue weighted by Gasteiger charge is -2.49. The number of rotatable bonds is 13. The first-order chi connectivity index (χ1) is 17.3. The van der Waals surface area contributed by atoms with Gasteiger partial charge >= 0.3 is 13.6 Å². The normalized spacial score (nSPS) is 24.6. The van der Waals surface area contributed by atoms with E-state index < -0.39 is 35.7 Å². The Bertz CT molecular complexity index is 845. The van der Waals surface area contributed by atoms with Crippen LogP contribution in [0.1, 0.15) is 74.1 Å². The van der Waals surface area contributed by atoms with Crippen molar-refractivity contribution in [2.45, 2.75) is 90.8 Å². The van der Waals surface area contributed by atoms with Crippen molar-refractivity contribution in [3.05, 3.63) is 0 Å². The zero-order valence-corrected chi connectivity index (χ0v) is 25.7. The molecule has 3 atom stereocenters. The molecule has 0 amide bonds. The van der Waals surface area contributed by atoms with Gasteiger partial charge < -0.3 is 28.0 Å². The molecule has 0 bridgehead atoms. The molecule has 1 heterocycles.